The average Bonchev–Trinajstić information content (AvgIpc) is 0.778. The van der Waals surface area contributed by atoms with Crippen LogP contribution in [-0.2, 0) is 33.2 Å². The van der Waals surface area contributed by atoms with Crippen LogP contribution in [0.5, 0.6) is 0 Å². The van der Waals surface area contributed by atoms with Gasteiger partial charge in [-0.25, -0.2) is 0 Å². The number of hydrogen-bond acceptors (Lipinski definition) is 18. The van der Waals surface area contributed by atoms with Crippen molar-refractivity contribution < 1.29 is 89.4 Å². The maximum absolute atomic E-state index is 13.6. The molecule has 3 saturated heterocycles. The zero-order chi connectivity index (χ0) is 84.5. The predicted molar refractivity (Wildman–Crippen MR) is 476 cm³/mol. The van der Waals surface area contributed by atoms with Crippen molar-refractivity contribution in [1.82, 2.24) is 5.32 Å². The van der Waals surface area contributed by atoms with Gasteiger partial charge in [0, 0.05) is 6.42 Å². The maximum atomic E-state index is 13.6. The van der Waals surface area contributed by atoms with Crippen LogP contribution in [0.3, 0.4) is 0 Å². The number of carbonyl (C=O) groups is 1. The molecule has 3 rings (SSSR count). The molecule has 0 aromatic carbocycles. The molecule has 17 unspecified atom stereocenters. The molecule has 3 aliphatic rings. The van der Waals surface area contributed by atoms with Gasteiger partial charge in [-0.15, -0.1) is 0 Å². The van der Waals surface area contributed by atoms with Crippen LogP contribution in [0.1, 0.15) is 476 Å². The summed E-state index contributed by atoms with van der Waals surface area (Å²) in [6.07, 6.45) is 72.2. The molecule has 0 aromatic rings. The minimum absolute atomic E-state index is 0.230. The molecule has 3 aliphatic heterocycles. The van der Waals surface area contributed by atoms with Gasteiger partial charge in [-0.1, -0.05) is 443 Å². The lowest BCUT2D eigenvalue weighted by molar-refractivity contribution is -0.379. The molecule has 0 saturated carbocycles. The van der Waals surface area contributed by atoms with E-state index in [9.17, 15) is 61.0 Å². The van der Waals surface area contributed by atoms with E-state index < -0.39 is 124 Å². The second-order valence-corrected chi connectivity index (χ2v) is 36.3. The minimum atomic E-state index is -1.97. The fourth-order valence-corrected chi connectivity index (χ4v) is 17.6. The van der Waals surface area contributed by atoms with E-state index >= 15 is 0 Å². The van der Waals surface area contributed by atoms with Crippen molar-refractivity contribution in [3.63, 3.8) is 0 Å². The smallest absolute Gasteiger partial charge is 0.220 e. The summed E-state index contributed by atoms with van der Waals surface area (Å²) in [5.74, 6) is -0.230. The van der Waals surface area contributed by atoms with Crippen molar-refractivity contribution in [2.45, 2.75) is 580 Å². The molecule has 19 heteroatoms. The van der Waals surface area contributed by atoms with Crippen LogP contribution >= 0.6 is 0 Å². The minimum Gasteiger partial charge on any atom is -0.394 e. The van der Waals surface area contributed by atoms with Crippen molar-refractivity contribution in [3.05, 3.63) is 12.2 Å². The zero-order valence-corrected chi connectivity index (χ0v) is 75.5. The number of rotatable bonds is 85. The first-order valence-corrected chi connectivity index (χ1v) is 50.4. The molecule has 19 nitrogen and oxygen atoms in total. The normalized spacial score (nSPS) is 24.3. The van der Waals surface area contributed by atoms with E-state index in [4.69, 9.17) is 28.4 Å². The van der Waals surface area contributed by atoms with Gasteiger partial charge in [0.2, 0.25) is 5.91 Å². The van der Waals surface area contributed by atoms with E-state index in [1.165, 1.54) is 398 Å². The third kappa shape index (κ3) is 55.6. The van der Waals surface area contributed by atoms with Crippen molar-refractivity contribution >= 4 is 5.91 Å². The monoisotopic (exact) mass is 1670 g/mol. The van der Waals surface area contributed by atoms with Gasteiger partial charge in [0.25, 0.3) is 0 Å². The Morgan fingerprint density at radius 2 is 0.538 bits per heavy atom. The molecule has 0 aliphatic carbocycles. The summed E-state index contributed by atoms with van der Waals surface area (Å²) >= 11 is 0. The summed E-state index contributed by atoms with van der Waals surface area (Å²) in [4.78, 5) is 13.6. The van der Waals surface area contributed by atoms with Crippen LogP contribution in [0.2, 0.25) is 0 Å². The molecular weight excluding hydrogens is 1480 g/mol. The van der Waals surface area contributed by atoms with E-state index in [0.29, 0.717) is 12.8 Å². The van der Waals surface area contributed by atoms with E-state index in [1.807, 2.05) is 0 Å². The number of carbonyl (C=O) groups excluding carboxylic acids is 1. The van der Waals surface area contributed by atoms with Crippen LogP contribution in [0, 0.1) is 0 Å². The lowest BCUT2D eigenvalue weighted by Gasteiger charge is -2.48. The summed E-state index contributed by atoms with van der Waals surface area (Å²) in [5, 5.41) is 122. The fraction of sp³-hybridized carbons (Fsp3) is 0.969. The van der Waals surface area contributed by atoms with Gasteiger partial charge in [-0.3, -0.25) is 4.79 Å². The quantitative estimate of drug-likeness (QED) is 0.0199. The summed E-state index contributed by atoms with van der Waals surface area (Å²) in [6, 6.07) is -0.886. The largest absolute Gasteiger partial charge is 0.394 e. The Balaban J connectivity index is 1.26. The molecule has 17 atom stereocenters. The number of allylic oxidation sites excluding steroid dienone is 2. The number of nitrogens with one attached hydrogen (secondary N) is 1. The van der Waals surface area contributed by atoms with Gasteiger partial charge in [0.05, 0.1) is 38.6 Å². The van der Waals surface area contributed by atoms with Gasteiger partial charge >= 0.3 is 0 Å². The summed E-state index contributed by atoms with van der Waals surface area (Å²) in [5.41, 5.74) is 0. The highest BCUT2D eigenvalue weighted by atomic mass is 16.8. The molecule has 0 radical (unpaired) electrons. The highest BCUT2D eigenvalue weighted by molar-refractivity contribution is 5.76. The van der Waals surface area contributed by atoms with Crippen LogP contribution in [0.15, 0.2) is 12.2 Å². The summed E-state index contributed by atoms with van der Waals surface area (Å²) in [6.45, 7) is 1.90. The third-order valence-corrected chi connectivity index (χ3v) is 25.6. The molecule has 3 heterocycles. The number of amides is 1. The van der Waals surface area contributed by atoms with Crippen LogP contribution in [0.4, 0.5) is 0 Å². The Labute approximate surface area is 716 Å². The third-order valence-electron chi connectivity index (χ3n) is 25.6. The van der Waals surface area contributed by atoms with Crippen molar-refractivity contribution in [2.24, 2.45) is 0 Å². The first-order valence-electron chi connectivity index (χ1n) is 50.4. The fourth-order valence-electron chi connectivity index (χ4n) is 17.6. The molecule has 694 valence electrons. The standard InChI is InChI=1S/C98H189NO18/c1-3-5-7-9-11-13-15-17-19-21-23-25-27-29-31-33-35-36-37-38-39-40-41-42-43-44-46-48-50-52-54-56-58-60-62-64-66-68-70-72-74-76-86(104)99-81(82(103)75-73-71-69-67-65-63-61-59-57-55-53-51-49-47-45-34-32-30-28-26-24-22-20-18-16-14-12-10-8-6-4-2)80-112-96-92(110)89(107)94(84(78-101)114-96)117-98-93(111)90(108)95(85(79-102)115-98)116-97-91(109)88(106)87(105)83(77-100)113-97/h21,23,81-85,87-98,100-103,105-111H,3-20,22,24-80H2,1-2H3,(H,99,104)/b23-21-. The molecule has 0 aromatic heterocycles. The number of ether oxygens (including phenoxy) is 6. The maximum Gasteiger partial charge on any atom is 0.220 e. The number of unbranched alkanes of at least 4 members (excludes halogenated alkanes) is 67. The van der Waals surface area contributed by atoms with Crippen molar-refractivity contribution in [2.75, 3.05) is 26.4 Å². The molecule has 0 bridgehead atoms. The summed E-state index contributed by atoms with van der Waals surface area (Å²) in [7, 11) is 0. The average molecular weight is 1670 g/mol. The van der Waals surface area contributed by atoms with Gasteiger partial charge in [0.15, 0.2) is 18.9 Å². The van der Waals surface area contributed by atoms with Gasteiger partial charge in [-0.05, 0) is 38.5 Å². The van der Waals surface area contributed by atoms with Crippen LogP contribution in [-0.4, -0.2) is 193 Å². The van der Waals surface area contributed by atoms with Crippen LogP contribution in [0.25, 0.3) is 0 Å². The Kier molecular flexibility index (Phi) is 73.2. The SMILES string of the molecule is CCCCCCCCCC/C=C\CCCCCCCCCCCCCCCCCCCCCCCCCCCCCCCC(=O)NC(COC1OC(CO)C(OC2OC(CO)C(OC3OC(CO)C(O)C(O)C3O)C(O)C2O)C(O)C1O)C(O)CCCCCCCCCCCCCCCCCCCCCCCCCCCCCCCCC. The highest BCUT2D eigenvalue weighted by Crippen LogP contribution is 2.34. The van der Waals surface area contributed by atoms with Crippen molar-refractivity contribution in [1.29, 1.82) is 0 Å². The Morgan fingerprint density at radius 1 is 0.299 bits per heavy atom. The number of hydrogen-bond donors (Lipinski definition) is 12. The number of aliphatic hydroxyl groups is 11. The van der Waals surface area contributed by atoms with E-state index in [2.05, 4.69) is 31.3 Å². The lowest BCUT2D eigenvalue weighted by atomic mass is 9.96. The molecule has 3 fully saturated rings. The molecule has 1 amide bonds. The van der Waals surface area contributed by atoms with Gasteiger partial charge < -0.3 is 89.9 Å². The Hall–Kier alpha value is -1.47. The first-order chi connectivity index (χ1) is 57.3. The molecule has 117 heavy (non-hydrogen) atoms. The first kappa shape index (κ1) is 110. The lowest BCUT2D eigenvalue weighted by Crippen LogP contribution is -2.66. The van der Waals surface area contributed by atoms with Crippen LogP contribution < -0.4 is 5.32 Å². The molecular formula is C98H189NO18. The Morgan fingerprint density at radius 3 is 0.829 bits per heavy atom. The van der Waals surface area contributed by atoms with Gasteiger partial charge in [0.1, 0.15) is 73.2 Å². The second kappa shape index (κ2) is 78.0. The van der Waals surface area contributed by atoms with E-state index in [-0.39, 0.29) is 18.9 Å². The topological polar surface area (TPSA) is 307 Å². The van der Waals surface area contributed by atoms with Crippen molar-refractivity contribution in [3.8, 4) is 0 Å². The van der Waals surface area contributed by atoms with Gasteiger partial charge in [-0.2, -0.15) is 0 Å². The summed E-state index contributed by atoms with van der Waals surface area (Å²) < 4.78 is 34.7. The zero-order valence-electron chi connectivity index (χ0n) is 75.5. The number of aliphatic hydroxyl groups excluding tert-OH is 11. The molecule has 0 spiro atoms. The van der Waals surface area contributed by atoms with E-state index in [1.54, 1.807) is 0 Å². The highest BCUT2D eigenvalue weighted by Gasteiger charge is 2.54. The predicted octanol–water partition coefficient (Wildman–Crippen LogP) is 21.0. The second-order valence-electron chi connectivity index (χ2n) is 36.3. The Bertz CT molecular complexity index is 2150. The van der Waals surface area contributed by atoms with E-state index in [0.717, 1.165) is 44.9 Å². The molecule has 12 N–H and O–H groups in total.